The van der Waals surface area contributed by atoms with Gasteiger partial charge >= 0.3 is 0 Å². The highest BCUT2D eigenvalue weighted by molar-refractivity contribution is 6.08. The van der Waals surface area contributed by atoms with Gasteiger partial charge in [-0.25, -0.2) is 4.39 Å². The van der Waals surface area contributed by atoms with Crippen LogP contribution in [-0.2, 0) is 0 Å². The molecule has 0 aliphatic heterocycles. The number of amides is 2. The second-order valence-electron chi connectivity index (χ2n) is 5.40. The van der Waals surface area contributed by atoms with E-state index in [9.17, 15) is 14.0 Å². The van der Waals surface area contributed by atoms with Crippen LogP contribution in [-0.4, -0.2) is 24.6 Å². The molecular formula is C18H19FN2O3. The number of hydrogen-bond acceptors (Lipinski definition) is 3. The monoisotopic (exact) mass is 330 g/mol. The van der Waals surface area contributed by atoms with Crippen LogP contribution in [0.15, 0.2) is 42.5 Å². The minimum Gasteiger partial charge on any atom is -0.493 e. The largest absolute Gasteiger partial charge is 0.493 e. The van der Waals surface area contributed by atoms with Crippen molar-refractivity contribution in [2.75, 3.05) is 6.61 Å². The summed E-state index contributed by atoms with van der Waals surface area (Å²) in [4.78, 5) is 23.3. The van der Waals surface area contributed by atoms with Gasteiger partial charge in [-0.05, 0) is 36.8 Å². The molecule has 2 amide bonds. The maximum absolute atomic E-state index is 12.8. The van der Waals surface area contributed by atoms with E-state index in [0.29, 0.717) is 23.3 Å². The summed E-state index contributed by atoms with van der Waals surface area (Å²) in [5, 5.41) is 0. The molecule has 126 valence electrons. The molecule has 0 saturated heterocycles. The molecule has 0 aliphatic rings. The Labute approximate surface area is 139 Å². The zero-order valence-electron chi connectivity index (χ0n) is 13.3. The second kappa shape index (κ2) is 7.59. The summed E-state index contributed by atoms with van der Waals surface area (Å²) in [6.07, 6.45) is -0.622. The average molecular weight is 330 g/mol. The number of alkyl halides is 1. The van der Waals surface area contributed by atoms with Crippen LogP contribution in [0.3, 0.4) is 0 Å². The van der Waals surface area contributed by atoms with Crippen molar-refractivity contribution in [1.82, 2.24) is 0 Å². The molecule has 2 aromatic carbocycles. The van der Waals surface area contributed by atoms with E-state index in [0.717, 1.165) is 0 Å². The quantitative estimate of drug-likeness (QED) is 0.817. The maximum Gasteiger partial charge on any atom is 0.249 e. The zero-order chi connectivity index (χ0) is 17.7. The lowest BCUT2D eigenvalue weighted by molar-refractivity contribution is 0.0999. The number of benzene rings is 2. The summed E-state index contributed by atoms with van der Waals surface area (Å²) < 4.78 is 18.2. The smallest absolute Gasteiger partial charge is 0.249 e. The lowest BCUT2D eigenvalue weighted by Crippen LogP contribution is -2.18. The lowest BCUT2D eigenvalue weighted by atomic mass is 9.93. The van der Waals surface area contributed by atoms with Crippen LogP contribution in [0.4, 0.5) is 4.39 Å². The third-order valence-electron chi connectivity index (χ3n) is 3.52. The Morgan fingerprint density at radius 3 is 2.04 bits per heavy atom. The Kier molecular flexibility index (Phi) is 5.52. The standard InChI is InChI=1S/C18H19FN2O3/c1-11(19)9-10-24-13-7-5-12(6-8-13)16-14(17(20)22)3-2-4-15(16)18(21)23/h2-8,11H,9-10H2,1H3,(H2,20,22)(H2,21,23). The van der Waals surface area contributed by atoms with E-state index in [1.807, 2.05) is 0 Å². The number of carbonyl (C=O) groups is 2. The van der Waals surface area contributed by atoms with E-state index in [1.165, 1.54) is 19.1 Å². The summed E-state index contributed by atoms with van der Waals surface area (Å²) in [5.41, 5.74) is 12.2. The highest BCUT2D eigenvalue weighted by atomic mass is 19.1. The molecule has 0 aromatic heterocycles. The predicted octanol–water partition coefficient (Wildman–Crippen LogP) is 2.68. The van der Waals surface area contributed by atoms with Crippen molar-refractivity contribution >= 4 is 11.8 Å². The van der Waals surface area contributed by atoms with E-state index in [2.05, 4.69) is 0 Å². The molecule has 1 atom stereocenters. The van der Waals surface area contributed by atoms with Gasteiger partial charge in [-0.15, -0.1) is 0 Å². The van der Waals surface area contributed by atoms with Gasteiger partial charge < -0.3 is 16.2 Å². The van der Waals surface area contributed by atoms with Crippen LogP contribution in [0, 0.1) is 0 Å². The molecule has 2 aromatic rings. The highest BCUT2D eigenvalue weighted by Crippen LogP contribution is 2.29. The first-order valence-corrected chi connectivity index (χ1v) is 7.50. The summed E-state index contributed by atoms with van der Waals surface area (Å²) in [7, 11) is 0. The highest BCUT2D eigenvalue weighted by Gasteiger charge is 2.17. The Balaban J connectivity index is 2.34. The predicted molar refractivity (Wildman–Crippen MR) is 89.6 cm³/mol. The third kappa shape index (κ3) is 4.10. The second-order valence-corrected chi connectivity index (χ2v) is 5.40. The van der Waals surface area contributed by atoms with Crippen molar-refractivity contribution in [2.24, 2.45) is 11.5 Å². The number of primary amides is 2. The van der Waals surface area contributed by atoms with Crippen molar-refractivity contribution in [1.29, 1.82) is 0 Å². The van der Waals surface area contributed by atoms with Crippen LogP contribution in [0.5, 0.6) is 5.75 Å². The average Bonchev–Trinajstić information content (AvgIpc) is 2.54. The third-order valence-corrected chi connectivity index (χ3v) is 3.52. The summed E-state index contributed by atoms with van der Waals surface area (Å²) in [6, 6.07) is 11.4. The lowest BCUT2D eigenvalue weighted by Gasteiger charge is -2.12. The number of nitrogens with two attached hydrogens (primary N) is 2. The topological polar surface area (TPSA) is 95.4 Å². The van der Waals surface area contributed by atoms with Crippen molar-refractivity contribution < 1.29 is 18.7 Å². The van der Waals surface area contributed by atoms with Crippen molar-refractivity contribution in [3.8, 4) is 16.9 Å². The van der Waals surface area contributed by atoms with E-state index in [4.69, 9.17) is 16.2 Å². The van der Waals surface area contributed by atoms with Gasteiger partial charge in [0.2, 0.25) is 11.8 Å². The van der Waals surface area contributed by atoms with E-state index in [1.54, 1.807) is 30.3 Å². The maximum atomic E-state index is 12.8. The van der Waals surface area contributed by atoms with Crippen LogP contribution in [0.2, 0.25) is 0 Å². The first-order valence-electron chi connectivity index (χ1n) is 7.50. The van der Waals surface area contributed by atoms with E-state index >= 15 is 0 Å². The number of carbonyl (C=O) groups excluding carboxylic acids is 2. The van der Waals surface area contributed by atoms with Crippen molar-refractivity contribution in [3.05, 3.63) is 53.6 Å². The number of halogens is 1. The van der Waals surface area contributed by atoms with Gasteiger partial charge in [0, 0.05) is 23.1 Å². The Bertz CT molecular complexity index is 710. The van der Waals surface area contributed by atoms with Gasteiger partial charge in [0.25, 0.3) is 0 Å². The van der Waals surface area contributed by atoms with E-state index in [-0.39, 0.29) is 17.7 Å². The molecule has 1 unspecified atom stereocenters. The molecule has 0 saturated carbocycles. The van der Waals surface area contributed by atoms with Crippen molar-refractivity contribution in [3.63, 3.8) is 0 Å². The summed E-state index contributed by atoms with van der Waals surface area (Å²) in [6.45, 7) is 1.74. The van der Waals surface area contributed by atoms with Crippen molar-refractivity contribution in [2.45, 2.75) is 19.5 Å². The van der Waals surface area contributed by atoms with Gasteiger partial charge in [0.15, 0.2) is 0 Å². The van der Waals surface area contributed by atoms with Gasteiger partial charge in [0.1, 0.15) is 11.9 Å². The normalized spacial score (nSPS) is 11.8. The van der Waals surface area contributed by atoms with Gasteiger partial charge in [-0.2, -0.15) is 0 Å². The van der Waals surface area contributed by atoms with Crippen LogP contribution < -0.4 is 16.2 Å². The molecule has 24 heavy (non-hydrogen) atoms. The fourth-order valence-corrected chi connectivity index (χ4v) is 2.33. The molecular weight excluding hydrogens is 311 g/mol. The van der Waals surface area contributed by atoms with Gasteiger partial charge in [-0.3, -0.25) is 9.59 Å². The number of ether oxygens (including phenoxy) is 1. The first-order chi connectivity index (χ1) is 11.4. The molecule has 0 spiro atoms. The molecule has 0 aliphatic carbocycles. The SMILES string of the molecule is CC(F)CCOc1ccc(-c2c(C(N)=O)cccc2C(N)=O)cc1. The van der Waals surface area contributed by atoms with Crippen LogP contribution in [0.25, 0.3) is 11.1 Å². The van der Waals surface area contributed by atoms with Crippen LogP contribution in [0.1, 0.15) is 34.1 Å². The molecule has 5 nitrogen and oxygen atoms in total. The van der Waals surface area contributed by atoms with Gasteiger partial charge in [0.05, 0.1) is 6.61 Å². The minimum atomic E-state index is -0.926. The molecule has 6 heteroatoms. The first kappa shape index (κ1) is 17.5. The number of rotatable bonds is 7. The Hall–Kier alpha value is -2.89. The molecule has 0 heterocycles. The van der Waals surface area contributed by atoms with Gasteiger partial charge in [-0.1, -0.05) is 18.2 Å². The molecule has 0 bridgehead atoms. The summed E-state index contributed by atoms with van der Waals surface area (Å²) in [5.74, 6) is -0.729. The minimum absolute atomic E-state index is 0.214. The van der Waals surface area contributed by atoms with E-state index < -0.39 is 18.0 Å². The number of hydrogen-bond donors (Lipinski definition) is 2. The molecule has 0 fully saturated rings. The summed E-state index contributed by atoms with van der Waals surface area (Å²) >= 11 is 0. The fourth-order valence-electron chi connectivity index (χ4n) is 2.33. The molecule has 0 radical (unpaired) electrons. The fraction of sp³-hybridized carbons (Fsp3) is 0.222. The zero-order valence-corrected chi connectivity index (χ0v) is 13.3. The Morgan fingerprint density at radius 1 is 1.04 bits per heavy atom. The van der Waals surface area contributed by atoms with Crippen LogP contribution >= 0.6 is 0 Å². The molecule has 2 rings (SSSR count). The Morgan fingerprint density at radius 2 is 1.58 bits per heavy atom. The molecule has 4 N–H and O–H groups in total.